The van der Waals surface area contributed by atoms with E-state index in [2.05, 4.69) is 4.72 Å². The molecule has 0 bridgehead atoms. The third-order valence-corrected chi connectivity index (χ3v) is 4.49. The fourth-order valence-corrected chi connectivity index (χ4v) is 2.68. The minimum atomic E-state index is -3.70. The van der Waals surface area contributed by atoms with Crippen molar-refractivity contribution in [2.75, 3.05) is 20.1 Å². The Balaban J connectivity index is 2.74. The van der Waals surface area contributed by atoms with E-state index in [1.807, 2.05) is 6.92 Å². The quantitative estimate of drug-likeness (QED) is 0.701. The molecule has 8 heteroatoms. The SMILES string of the molecule is CCN(C)C(=O)CNS(=O)(=O)c1ccc(CC(N)=S)cc1. The van der Waals surface area contributed by atoms with E-state index in [9.17, 15) is 13.2 Å². The van der Waals surface area contributed by atoms with Crippen molar-refractivity contribution in [3.63, 3.8) is 0 Å². The normalized spacial score (nSPS) is 11.1. The maximum atomic E-state index is 12.0. The molecule has 0 heterocycles. The average molecular weight is 329 g/mol. The monoisotopic (exact) mass is 329 g/mol. The number of hydrogen-bond donors (Lipinski definition) is 2. The molecule has 0 aromatic heterocycles. The maximum Gasteiger partial charge on any atom is 0.241 e. The highest BCUT2D eigenvalue weighted by Gasteiger charge is 2.16. The molecule has 0 aliphatic heterocycles. The molecule has 3 N–H and O–H groups in total. The van der Waals surface area contributed by atoms with E-state index in [1.165, 1.54) is 17.0 Å². The van der Waals surface area contributed by atoms with Crippen molar-refractivity contribution >= 4 is 33.1 Å². The molecule has 0 radical (unpaired) electrons. The summed E-state index contributed by atoms with van der Waals surface area (Å²) in [5, 5.41) is 0. The Morgan fingerprint density at radius 3 is 2.38 bits per heavy atom. The highest BCUT2D eigenvalue weighted by molar-refractivity contribution is 7.89. The summed E-state index contributed by atoms with van der Waals surface area (Å²) in [5.41, 5.74) is 6.27. The fourth-order valence-electron chi connectivity index (χ4n) is 1.54. The lowest BCUT2D eigenvalue weighted by atomic mass is 10.1. The largest absolute Gasteiger partial charge is 0.393 e. The average Bonchev–Trinajstić information content (AvgIpc) is 2.44. The van der Waals surface area contributed by atoms with E-state index in [-0.39, 0.29) is 17.3 Å². The van der Waals surface area contributed by atoms with Crippen molar-refractivity contribution < 1.29 is 13.2 Å². The minimum Gasteiger partial charge on any atom is -0.393 e. The Morgan fingerprint density at radius 2 is 1.90 bits per heavy atom. The lowest BCUT2D eigenvalue weighted by molar-refractivity contribution is -0.128. The third kappa shape index (κ3) is 5.41. The van der Waals surface area contributed by atoms with Crippen molar-refractivity contribution in [2.24, 2.45) is 5.73 Å². The molecule has 6 nitrogen and oxygen atoms in total. The van der Waals surface area contributed by atoms with Gasteiger partial charge in [-0.25, -0.2) is 13.1 Å². The van der Waals surface area contributed by atoms with Gasteiger partial charge in [-0.1, -0.05) is 24.4 Å². The molecule has 0 spiro atoms. The number of nitrogens with one attached hydrogen (secondary N) is 1. The van der Waals surface area contributed by atoms with Gasteiger partial charge in [-0.05, 0) is 24.6 Å². The van der Waals surface area contributed by atoms with E-state index >= 15 is 0 Å². The van der Waals surface area contributed by atoms with E-state index in [0.29, 0.717) is 18.0 Å². The summed E-state index contributed by atoms with van der Waals surface area (Å²) in [6, 6.07) is 6.22. The van der Waals surface area contributed by atoms with Crippen LogP contribution in [0.1, 0.15) is 12.5 Å². The first-order valence-electron chi connectivity index (χ1n) is 6.37. The van der Waals surface area contributed by atoms with Crippen LogP contribution < -0.4 is 10.5 Å². The molecule has 0 unspecified atom stereocenters. The van der Waals surface area contributed by atoms with Crippen LogP contribution in [0.25, 0.3) is 0 Å². The summed E-state index contributed by atoms with van der Waals surface area (Å²) < 4.78 is 26.4. The van der Waals surface area contributed by atoms with Gasteiger partial charge in [0.05, 0.1) is 16.4 Å². The Kier molecular flexibility index (Phi) is 6.25. The molecule has 1 aromatic rings. The number of sulfonamides is 1. The highest BCUT2D eigenvalue weighted by atomic mass is 32.2. The number of amides is 1. The van der Waals surface area contributed by atoms with Gasteiger partial charge in [-0.2, -0.15) is 0 Å². The summed E-state index contributed by atoms with van der Waals surface area (Å²) in [7, 11) is -2.09. The first-order chi connectivity index (χ1) is 9.76. The number of likely N-dealkylation sites (N-methyl/N-ethyl adjacent to an activating group) is 1. The predicted molar refractivity (Wildman–Crippen MR) is 85.4 cm³/mol. The number of carbonyl (C=O) groups excluding carboxylic acids is 1. The molecule has 1 rings (SSSR count). The van der Waals surface area contributed by atoms with E-state index in [4.69, 9.17) is 18.0 Å². The number of rotatable bonds is 7. The van der Waals surface area contributed by atoms with Crippen molar-refractivity contribution in [1.29, 1.82) is 0 Å². The zero-order chi connectivity index (χ0) is 16.0. The van der Waals surface area contributed by atoms with Crippen LogP contribution in [-0.4, -0.2) is 44.4 Å². The number of nitrogens with two attached hydrogens (primary N) is 1. The Morgan fingerprint density at radius 1 is 1.33 bits per heavy atom. The van der Waals surface area contributed by atoms with Crippen LogP contribution in [0.5, 0.6) is 0 Å². The lowest BCUT2D eigenvalue weighted by Crippen LogP contribution is -2.37. The molecule has 0 saturated heterocycles. The molecule has 0 aliphatic rings. The molecule has 0 saturated carbocycles. The number of hydrogen-bond acceptors (Lipinski definition) is 4. The topological polar surface area (TPSA) is 92.5 Å². The van der Waals surface area contributed by atoms with Crippen LogP contribution in [0.15, 0.2) is 29.2 Å². The number of carbonyl (C=O) groups is 1. The molecule has 0 aliphatic carbocycles. The second kappa shape index (κ2) is 7.48. The van der Waals surface area contributed by atoms with Crippen molar-refractivity contribution in [3.8, 4) is 0 Å². The second-order valence-corrected chi connectivity index (χ2v) is 6.81. The van der Waals surface area contributed by atoms with Crippen LogP contribution >= 0.6 is 12.2 Å². The van der Waals surface area contributed by atoms with Gasteiger partial charge in [0.15, 0.2) is 0 Å². The van der Waals surface area contributed by atoms with Crippen LogP contribution in [0.4, 0.5) is 0 Å². The Labute approximate surface area is 130 Å². The first kappa shape index (κ1) is 17.5. The molecule has 1 aromatic carbocycles. The lowest BCUT2D eigenvalue weighted by Gasteiger charge is -2.14. The zero-order valence-electron chi connectivity index (χ0n) is 12.0. The van der Waals surface area contributed by atoms with Gasteiger partial charge in [-0.3, -0.25) is 4.79 Å². The molecule has 21 heavy (non-hydrogen) atoms. The number of thiocarbonyl (C=S) groups is 1. The number of benzene rings is 1. The molecular formula is C13H19N3O3S2. The van der Waals surface area contributed by atoms with E-state index < -0.39 is 10.0 Å². The van der Waals surface area contributed by atoms with Gasteiger partial charge in [0.25, 0.3) is 0 Å². The zero-order valence-corrected chi connectivity index (χ0v) is 13.6. The Hall–Kier alpha value is -1.51. The van der Waals surface area contributed by atoms with Gasteiger partial charge in [-0.15, -0.1) is 0 Å². The summed E-state index contributed by atoms with van der Waals surface area (Å²) >= 11 is 4.79. The Bertz CT molecular complexity index is 612. The number of nitrogens with zero attached hydrogens (tertiary/aromatic N) is 1. The van der Waals surface area contributed by atoms with E-state index in [1.54, 1.807) is 19.2 Å². The first-order valence-corrected chi connectivity index (χ1v) is 8.26. The van der Waals surface area contributed by atoms with Crippen LogP contribution in [-0.2, 0) is 21.2 Å². The van der Waals surface area contributed by atoms with Crippen molar-refractivity contribution in [2.45, 2.75) is 18.2 Å². The van der Waals surface area contributed by atoms with Crippen molar-refractivity contribution in [3.05, 3.63) is 29.8 Å². The molecule has 0 fully saturated rings. The summed E-state index contributed by atoms with van der Waals surface area (Å²) in [4.78, 5) is 13.5. The molecule has 1 amide bonds. The van der Waals surface area contributed by atoms with Gasteiger partial charge in [0.2, 0.25) is 15.9 Å². The van der Waals surface area contributed by atoms with Gasteiger partial charge in [0, 0.05) is 20.0 Å². The highest BCUT2D eigenvalue weighted by Crippen LogP contribution is 2.11. The van der Waals surface area contributed by atoms with Crippen LogP contribution in [0.2, 0.25) is 0 Å². The molecule has 116 valence electrons. The van der Waals surface area contributed by atoms with Crippen molar-refractivity contribution in [1.82, 2.24) is 9.62 Å². The van der Waals surface area contributed by atoms with Crippen LogP contribution in [0, 0.1) is 0 Å². The third-order valence-electron chi connectivity index (χ3n) is 2.93. The maximum absolute atomic E-state index is 12.0. The second-order valence-electron chi connectivity index (χ2n) is 4.52. The van der Waals surface area contributed by atoms with E-state index in [0.717, 1.165) is 5.56 Å². The molecular weight excluding hydrogens is 310 g/mol. The standard InChI is InChI=1S/C13H19N3O3S2/c1-3-16(2)13(17)9-15-21(18,19)11-6-4-10(5-7-11)8-12(14)20/h4-7,15H,3,8-9H2,1-2H3,(H2,14,20). The minimum absolute atomic E-state index is 0.0983. The summed E-state index contributed by atoms with van der Waals surface area (Å²) in [5.74, 6) is -0.286. The smallest absolute Gasteiger partial charge is 0.241 e. The predicted octanol–water partition coefficient (Wildman–Crippen LogP) is 0.272. The van der Waals surface area contributed by atoms with Gasteiger partial charge in [0.1, 0.15) is 0 Å². The summed E-state index contributed by atoms with van der Waals surface area (Å²) in [6.45, 7) is 2.07. The van der Waals surface area contributed by atoms with Gasteiger partial charge >= 0.3 is 0 Å². The van der Waals surface area contributed by atoms with Gasteiger partial charge < -0.3 is 10.6 Å². The fraction of sp³-hybridized carbons (Fsp3) is 0.385. The summed E-state index contributed by atoms with van der Waals surface area (Å²) in [6.07, 6.45) is 0.420. The van der Waals surface area contributed by atoms with Crippen LogP contribution in [0.3, 0.4) is 0 Å². The molecule has 0 atom stereocenters.